The number of rotatable bonds is 7. The van der Waals surface area contributed by atoms with Crippen molar-refractivity contribution >= 4 is 23.5 Å². The summed E-state index contributed by atoms with van der Waals surface area (Å²) in [5, 5.41) is 0. The summed E-state index contributed by atoms with van der Waals surface area (Å²) in [5.74, 6) is 0.741. The summed E-state index contributed by atoms with van der Waals surface area (Å²) in [5.41, 5.74) is 5.68. The Kier molecular flexibility index (Phi) is 5.96. The van der Waals surface area contributed by atoms with Gasteiger partial charge in [-0.1, -0.05) is 68.4 Å². The van der Waals surface area contributed by atoms with Gasteiger partial charge >= 0.3 is 0 Å². The van der Waals surface area contributed by atoms with Crippen LogP contribution in [0, 0.1) is 6.92 Å². The molecule has 2 aromatic rings. The van der Waals surface area contributed by atoms with Gasteiger partial charge in [-0.25, -0.2) is 0 Å². The van der Waals surface area contributed by atoms with Gasteiger partial charge in [0, 0.05) is 34.0 Å². The summed E-state index contributed by atoms with van der Waals surface area (Å²) in [7, 11) is 0. The molecule has 146 valence electrons. The minimum absolute atomic E-state index is 0.741. The number of allylic oxidation sites excluding steroid dienone is 1. The number of unbranched alkanes of at least 4 members (excludes halogenated alkanes) is 1. The first-order chi connectivity index (χ1) is 13.7. The zero-order valence-electron chi connectivity index (χ0n) is 17.2. The van der Waals surface area contributed by atoms with E-state index >= 15 is 0 Å². The molecule has 0 saturated heterocycles. The molecule has 0 spiro atoms. The largest absolute Gasteiger partial charge is 0.368 e. The molecule has 2 heteroatoms. The predicted molar refractivity (Wildman–Crippen MR) is 124 cm³/mol. The zero-order valence-corrected chi connectivity index (χ0v) is 18.0. The van der Waals surface area contributed by atoms with Gasteiger partial charge in [0.1, 0.15) is 0 Å². The number of fused-ring (bicyclic) bond motifs is 3. The first-order valence-electron chi connectivity index (χ1n) is 10.7. The van der Waals surface area contributed by atoms with E-state index in [0.717, 1.165) is 16.9 Å². The summed E-state index contributed by atoms with van der Waals surface area (Å²) >= 11 is 1.75. The minimum atomic E-state index is 0.741. The Morgan fingerprint density at radius 1 is 1.21 bits per heavy atom. The fourth-order valence-electron chi connectivity index (χ4n) is 4.74. The van der Waals surface area contributed by atoms with Crippen molar-refractivity contribution in [2.24, 2.45) is 0 Å². The zero-order chi connectivity index (χ0) is 19.5. The first-order valence-corrected chi connectivity index (χ1v) is 11.5. The lowest BCUT2D eigenvalue weighted by molar-refractivity contribution is 0.576. The number of benzene rings is 2. The first kappa shape index (κ1) is 19.4. The topological polar surface area (TPSA) is 3.24 Å². The molecule has 0 aromatic heterocycles. The Hall–Kier alpha value is -1.93. The van der Waals surface area contributed by atoms with Gasteiger partial charge in [-0.05, 0) is 67.2 Å². The Bertz CT molecular complexity index is 882. The maximum Gasteiger partial charge on any atom is 0.0405 e. The number of thioether (sulfide) groups is 1. The van der Waals surface area contributed by atoms with Gasteiger partial charge in [-0.3, -0.25) is 0 Å². The van der Waals surface area contributed by atoms with Crippen LogP contribution in [0.5, 0.6) is 0 Å². The molecular formula is C26H31NS. The second kappa shape index (κ2) is 8.61. The quantitative estimate of drug-likeness (QED) is 0.355. The molecule has 2 aromatic carbocycles. The van der Waals surface area contributed by atoms with Gasteiger partial charge in [-0.2, -0.15) is 0 Å². The van der Waals surface area contributed by atoms with Crippen LogP contribution in [-0.4, -0.2) is 12.6 Å². The van der Waals surface area contributed by atoms with Crippen molar-refractivity contribution in [1.29, 1.82) is 0 Å². The van der Waals surface area contributed by atoms with E-state index in [0.29, 0.717) is 0 Å². The normalized spacial score (nSPS) is 20.6. The molecule has 0 N–H and O–H groups in total. The molecule has 0 amide bonds. The lowest BCUT2D eigenvalue weighted by Gasteiger charge is -2.26. The van der Waals surface area contributed by atoms with Gasteiger partial charge in [0.05, 0.1) is 0 Å². The number of aryl methyl sites for hydroxylation is 1. The molecule has 1 heterocycles. The van der Waals surface area contributed by atoms with Crippen LogP contribution in [0.4, 0.5) is 5.69 Å². The van der Waals surface area contributed by atoms with Crippen molar-refractivity contribution in [3.8, 4) is 0 Å². The number of hydrogen-bond donors (Lipinski definition) is 0. The third kappa shape index (κ3) is 3.93. The van der Waals surface area contributed by atoms with Gasteiger partial charge in [0.25, 0.3) is 0 Å². The maximum atomic E-state index is 4.25. The molecule has 1 fully saturated rings. The third-order valence-electron chi connectivity index (χ3n) is 6.19. The van der Waals surface area contributed by atoms with E-state index in [-0.39, 0.29) is 0 Å². The van der Waals surface area contributed by atoms with E-state index in [1.54, 1.807) is 17.3 Å². The van der Waals surface area contributed by atoms with Gasteiger partial charge < -0.3 is 4.90 Å². The molecule has 1 nitrogen and oxygen atoms in total. The van der Waals surface area contributed by atoms with Crippen LogP contribution in [0.25, 0.3) is 6.08 Å². The molecule has 0 radical (unpaired) electrons. The van der Waals surface area contributed by atoms with Crippen LogP contribution < -0.4 is 4.90 Å². The highest BCUT2D eigenvalue weighted by Crippen LogP contribution is 2.49. The molecule has 2 aliphatic rings. The molecule has 2 atom stereocenters. The average molecular weight is 390 g/mol. The van der Waals surface area contributed by atoms with Crippen LogP contribution >= 0.6 is 11.8 Å². The van der Waals surface area contributed by atoms with E-state index in [4.69, 9.17) is 0 Å². The van der Waals surface area contributed by atoms with E-state index in [1.165, 1.54) is 60.4 Å². The van der Waals surface area contributed by atoms with Crippen molar-refractivity contribution in [3.63, 3.8) is 0 Å². The Morgan fingerprint density at radius 3 is 2.89 bits per heavy atom. The van der Waals surface area contributed by atoms with Crippen LogP contribution in [0.15, 0.2) is 64.9 Å². The van der Waals surface area contributed by atoms with E-state index in [2.05, 4.69) is 79.9 Å². The monoisotopic (exact) mass is 389 g/mol. The summed E-state index contributed by atoms with van der Waals surface area (Å²) in [6, 6.07) is 16.3. The van der Waals surface area contributed by atoms with Crippen LogP contribution in [0.3, 0.4) is 0 Å². The summed E-state index contributed by atoms with van der Waals surface area (Å²) in [4.78, 5) is 5.07. The second-order valence-corrected chi connectivity index (χ2v) is 9.31. The Balaban J connectivity index is 1.50. The summed E-state index contributed by atoms with van der Waals surface area (Å²) in [6.07, 6.45) is 11.0. The second-order valence-electron chi connectivity index (χ2n) is 8.14. The molecule has 28 heavy (non-hydrogen) atoms. The third-order valence-corrected chi connectivity index (χ3v) is 7.27. The van der Waals surface area contributed by atoms with Crippen LogP contribution in [-0.2, 0) is 0 Å². The molecule has 1 aliphatic carbocycles. The van der Waals surface area contributed by atoms with E-state index < -0.39 is 0 Å². The fourth-order valence-corrected chi connectivity index (χ4v) is 5.53. The molecule has 1 saturated carbocycles. The summed E-state index contributed by atoms with van der Waals surface area (Å²) in [6.45, 7) is 9.90. The number of hydrogen-bond acceptors (Lipinski definition) is 2. The Labute approximate surface area is 174 Å². The van der Waals surface area contributed by atoms with Crippen molar-refractivity contribution < 1.29 is 0 Å². The van der Waals surface area contributed by atoms with Crippen molar-refractivity contribution in [1.82, 2.24) is 0 Å². The minimum Gasteiger partial charge on any atom is -0.368 e. The predicted octanol–water partition coefficient (Wildman–Crippen LogP) is 7.57. The van der Waals surface area contributed by atoms with Crippen LogP contribution in [0.2, 0.25) is 0 Å². The average Bonchev–Trinajstić information content (AvgIpc) is 3.28. The lowest BCUT2D eigenvalue weighted by atomic mass is 9.96. The molecule has 4 rings (SSSR count). The molecule has 0 bridgehead atoms. The SMILES string of the molecule is C=C(/C=C/c1ccc2c(c1)C1CCCC1N2CCCC)Sc1ccccc1C. The van der Waals surface area contributed by atoms with Gasteiger partial charge in [-0.15, -0.1) is 0 Å². The fraction of sp³-hybridized carbons (Fsp3) is 0.385. The van der Waals surface area contributed by atoms with Crippen molar-refractivity contribution in [2.45, 2.75) is 62.8 Å². The van der Waals surface area contributed by atoms with Crippen LogP contribution in [0.1, 0.15) is 61.6 Å². The van der Waals surface area contributed by atoms with Crippen molar-refractivity contribution in [3.05, 3.63) is 76.7 Å². The van der Waals surface area contributed by atoms with Gasteiger partial charge in [0.2, 0.25) is 0 Å². The van der Waals surface area contributed by atoms with Crippen molar-refractivity contribution in [2.75, 3.05) is 11.4 Å². The number of nitrogens with zero attached hydrogens (tertiary/aromatic N) is 1. The molecule has 2 unspecified atom stereocenters. The standard InChI is InChI=1S/C26H31NS/c1-4-5-17-27-24-11-8-10-22(24)23-18-21(15-16-25(23)27)14-13-20(3)28-26-12-7-6-9-19(26)2/h6-7,9,12-16,18,22,24H,3-5,8,10-11,17H2,1-2H3/b14-13+. The smallest absolute Gasteiger partial charge is 0.0405 e. The summed E-state index contributed by atoms with van der Waals surface area (Å²) < 4.78 is 0. The number of anilines is 1. The van der Waals surface area contributed by atoms with Gasteiger partial charge in [0.15, 0.2) is 0 Å². The van der Waals surface area contributed by atoms with E-state index in [9.17, 15) is 0 Å². The van der Waals surface area contributed by atoms with E-state index in [1.807, 2.05) is 0 Å². The lowest BCUT2D eigenvalue weighted by Crippen LogP contribution is -2.32. The Morgan fingerprint density at radius 2 is 2.07 bits per heavy atom. The highest BCUT2D eigenvalue weighted by molar-refractivity contribution is 8.03. The highest BCUT2D eigenvalue weighted by Gasteiger charge is 2.40. The molecule has 1 aliphatic heterocycles. The molecular weight excluding hydrogens is 358 g/mol. The highest BCUT2D eigenvalue weighted by atomic mass is 32.2. The maximum absolute atomic E-state index is 4.25.